The molecular formula is C14H19FN2O3. The molecule has 2 amide bonds. The molecule has 1 aliphatic rings. The first-order chi connectivity index (χ1) is 9.52. The maximum atomic E-state index is 13.7. The smallest absolute Gasteiger partial charge is 0.322 e. The van der Waals surface area contributed by atoms with Gasteiger partial charge in [-0.25, -0.2) is 9.18 Å². The summed E-state index contributed by atoms with van der Waals surface area (Å²) in [4.78, 5) is 13.9. The molecule has 0 aliphatic carbocycles. The quantitative estimate of drug-likeness (QED) is 0.906. The number of carbonyl (C=O) groups excluding carboxylic acids is 1. The van der Waals surface area contributed by atoms with Crippen molar-refractivity contribution in [3.8, 4) is 5.75 Å². The number of ether oxygens (including phenoxy) is 2. The van der Waals surface area contributed by atoms with Crippen molar-refractivity contribution in [2.45, 2.75) is 26.0 Å². The highest BCUT2D eigenvalue weighted by Gasteiger charge is 2.29. The standard InChI is InChI=1S/C14H19FN2O3/c1-9-10(2)20-7-6-17(9)14(18)16-13-8-11(19-3)4-5-12(13)15/h4-5,8-10H,6-7H2,1-3H3,(H,16,18)/t9-,10+/m0/s1. The Morgan fingerprint density at radius 2 is 2.25 bits per heavy atom. The number of rotatable bonds is 2. The molecule has 1 aliphatic heterocycles. The fraction of sp³-hybridized carbons (Fsp3) is 0.500. The topological polar surface area (TPSA) is 50.8 Å². The summed E-state index contributed by atoms with van der Waals surface area (Å²) in [6, 6.07) is 3.84. The van der Waals surface area contributed by atoms with Crippen LogP contribution in [-0.2, 0) is 4.74 Å². The Morgan fingerprint density at radius 3 is 2.95 bits per heavy atom. The van der Waals surface area contributed by atoms with E-state index in [1.54, 1.807) is 4.90 Å². The fourth-order valence-corrected chi connectivity index (χ4v) is 2.13. The second-order valence-electron chi connectivity index (χ2n) is 4.79. The summed E-state index contributed by atoms with van der Waals surface area (Å²) in [6.45, 7) is 4.80. The number of amides is 2. The van der Waals surface area contributed by atoms with Gasteiger partial charge in [0.25, 0.3) is 0 Å². The minimum Gasteiger partial charge on any atom is -0.497 e. The maximum Gasteiger partial charge on any atom is 0.322 e. The van der Waals surface area contributed by atoms with E-state index in [1.807, 2.05) is 13.8 Å². The van der Waals surface area contributed by atoms with E-state index in [0.717, 1.165) is 0 Å². The molecule has 0 bridgehead atoms. The molecule has 1 saturated heterocycles. The monoisotopic (exact) mass is 282 g/mol. The van der Waals surface area contributed by atoms with Gasteiger partial charge in [-0.05, 0) is 26.0 Å². The average molecular weight is 282 g/mol. The Kier molecular flexibility index (Phi) is 4.44. The molecule has 2 rings (SSSR count). The van der Waals surface area contributed by atoms with E-state index in [-0.39, 0.29) is 23.9 Å². The molecule has 1 aromatic carbocycles. The second-order valence-corrected chi connectivity index (χ2v) is 4.79. The van der Waals surface area contributed by atoms with E-state index < -0.39 is 5.82 Å². The Balaban J connectivity index is 2.11. The Morgan fingerprint density at radius 1 is 1.50 bits per heavy atom. The van der Waals surface area contributed by atoms with E-state index >= 15 is 0 Å². The number of nitrogens with zero attached hydrogens (tertiary/aromatic N) is 1. The van der Waals surface area contributed by atoms with Crippen LogP contribution < -0.4 is 10.1 Å². The lowest BCUT2D eigenvalue weighted by Crippen LogP contribution is -2.52. The number of carbonyl (C=O) groups is 1. The number of anilines is 1. The van der Waals surface area contributed by atoms with Crippen molar-refractivity contribution in [2.75, 3.05) is 25.6 Å². The van der Waals surface area contributed by atoms with Crippen LogP contribution in [0.25, 0.3) is 0 Å². The van der Waals surface area contributed by atoms with Crippen LogP contribution in [0.1, 0.15) is 13.8 Å². The summed E-state index contributed by atoms with van der Waals surface area (Å²) in [6.07, 6.45) is -0.0374. The molecule has 0 unspecified atom stereocenters. The van der Waals surface area contributed by atoms with Gasteiger partial charge in [-0.3, -0.25) is 0 Å². The molecule has 2 atom stereocenters. The first kappa shape index (κ1) is 14.6. The third-order valence-corrected chi connectivity index (χ3v) is 3.56. The van der Waals surface area contributed by atoms with Crippen molar-refractivity contribution >= 4 is 11.7 Å². The number of nitrogens with one attached hydrogen (secondary N) is 1. The molecule has 5 nitrogen and oxygen atoms in total. The summed E-state index contributed by atoms with van der Waals surface area (Å²) in [5.74, 6) is -0.00166. The number of hydrogen-bond donors (Lipinski definition) is 1. The molecule has 6 heteroatoms. The molecule has 1 heterocycles. The zero-order chi connectivity index (χ0) is 14.7. The minimum absolute atomic E-state index is 0.0374. The highest BCUT2D eigenvalue weighted by atomic mass is 19.1. The maximum absolute atomic E-state index is 13.7. The lowest BCUT2D eigenvalue weighted by Gasteiger charge is -2.37. The molecule has 1 aromatic rings. The first-order valence-corrected chi connectivity index (χ1v) is 6.55. The van der Waals surface area contributed by atoms with Crippen LogP contribution in [-0.4, -0.2) is 43.3 Å². The molecule has 0 aromatic heterocycles. The minimum atomic E-state index is -0.492. The van der Waals surface area contributed by atoms with E-state index in [1.165, 1.54) is 25.3 Å². The van der Waals surface area contributed by atoms with E-state index in [4.69, 9.17) is 9.47 Å². The van der Waals surface area contributed by atoms with Crippen molar-refractivity contribution in [2.24, 2.45) is 0 Å². The van der Waals surface area contributed by atoms with Crippen LogP contribution in [0.2, 0.25) is 0 Å². The lowest BCUT2D eigenvalue weighted by atomic mass is 10.1. The summed E-state index contributed by atoms with van der Waals surface area (Å²) < 4.78 is 24.2. The molecular weight excluding hydrogens is 263 g/mol. The summed E-state index contributed by atoms with van der Waals surface area (Å²) in [7, 11) is 1.49. The zero-order valence-corrected chi connectivity index (χ0v) is 11.9. The highest BCUT2D eigenvalue weighted by molar-refractivity contribution is 5.90. The SMILES string of the molecule is COc1ccc(F)c(NC(=O)N2CCO[C@H](C)[C@@H]2C)c1. The number of benzene rings is 1. The summed E-state index contributed by atoms with van der Waals surface area (Å²) >= 11 is 0. The van der Waals surface area contributed by atoms with Crippen molar-refractivity contribution in [1.29, 1.82) is 0 Å². The second kappa shape index (κ2) is 6.09. The van der Waals surface area contributed by atoms with E-state index in [2.05, 4.69) is 5.32 Å². The molecule has 0 radical (unpaired) electrons. The number of methoxy groups -OCH3 is 1. The van der Waals surface area contributed by atoms with Crippen LogP contribution in [0.4, 0.5) is 14.9 Å². The average Bonchev–Trinajstić information content (AvgIpc) is 2.44. The largest absolute Gasteiger partial charge is 0.497 e. The third kappa shape index (κ3) is 3.01. The molecule has 0 saturated carbocycles. The number of hydrogen-bond acceptors (Lipinski definition) is 3. The molecule has 110 valence electrons. The van der Waals surface area contributed by atoms with Crippen LogP contribution in [0.3, 0.4) is 0 Å². The molecule has 20 heavy (non-hydrogen) atoms. The Labute approximate surface area is 117 Å². The van der Waals surface area contributed by atoms with Gasteiger partial charge in [0.2, 0.25) is 0 Å². The summed E-state index contributed by atoms with van der Waals surface area (Å²) in [5.41, 5.74) is 0.112. The number of urea groups is 1. The van der Waals surface area contributed by atoms with E-state index in [9.17, 15) is 9.18 Å². The number of morpholine rings is 1. The van der Waals surface area contributed by atoms with Gasteiger partial charge in [0.15, 0.2) is 0 Å². The lowest BCUT2D eigenvalue weighted by molar-refractivity contribution is -0.0355. The predicted molar refractivity (Wildman–Crippen MR) is 73.6 cm³/mol. The van der Waals surface area contributed by atoms with Crippen LogP contribution in [0.15, 0.2) is 18.2 Å². The molecule has 1 N–H and O–H groups in total. The summed E-state index contributed by atoms with van der Waals surface area (Å²) in [5, 5.41) is 2.58. The van der Waals surface area contributed by atoms with Gasteiger partial charge in [0, 0.05) is 12.6 Å². The van der Waals surface area contributed by atoms with Gasteiger partial charge < -0.3 is 19.7 Å². The van der Waals surface area contributed by atoms with Gasteiger partial charge >= 0.3 is 6.03 Å². The van der Waals surface area contributed by atoms with Crippen LogP contribution >= 0.6 is 0 Å². The van der Waals surface area contributed by atoms with Gasteiger partial charge in [0.1, 0.15) is 11.6 Å². The molecule has 0 spiro atoms. The van der Waals surface area contributed by atoms with Crippen LogP contribution in [0.5, 0.6) is 5.75 Å². The van der Waals surface area contributed by atoms with Crippen molar-refractivity contribution < 1.29 is 18.7 Å². The van der Waals surface area contributed by atoms with Crippen LogP contribution in [0, 0.1) is 5.82 Å². The number of halogens is 1. The first-order valence-electron chi connectivity index (χ1n) is 6.55. The van der Waals surface area contributed by atoms with Crippen molar-refractivity contribution in [3.05, 3.63) is 24.0 Å². The fourth-order valence-electron chi connectivity index (χ4n) is 2.13. The van der Waals surface area contributed by atoms with E-state index in [0.29, 0.717) is 18.9 Å². The van der Waals surface area contributed by atoms with Crippen molar-refractivity contribution in [3.63, 3.8) is 0 Å². The molecule has 1 fully saturated rings. The van der Waals surface area contributed by atoms with Gasteiger partial charge in [-0.2, -0.15) is 0 Å². The third-order valence-electron chi connectivity index (χ3n) is 3.56. The van der Waals surface area contributed by atoms with Gasteiger partial charge in [0.05, 0.1) is 31.5 Å². The Bertz CT molecular complexity index is 495. The zero-order valence-electron chi connectivity index (χ0n) is 11.9. The van der Waals surface area contributed by atoms with Gasteiger partial charge in [-0.15, -0.1) is 0 Å². The Hall–Kier alpha value is -1.82. The van der Waals surface area contributed by atoms with Gasteiger partial charge in [-0.1, -0.05) is 0 Å². The predicted octanol–water partition coefficient (Wildman–Crippen LogP) is 2.48. The normalized spacial score (nSPS) is 22.5. The highest BCUT2D eigenvalue weighted by Crippen LogP contribution is 2.22. The van der Waals surface area contributed by atoms with Crippen molar-refractivity contribution in [1.82, 2.24) is 4.90 Å².